The van der Waals surface area contributed by atoms with Crippen molar-refractivity contribution in [2.75, 3.05) is 5.32 Å². The molecule has 122 valence electrons. The summed E-state index contributed by atoms with van der Waals surface area (Å²) in [6.45, 7) is 10.3. The maximum atomic E-state index is 11.2. The first-order valence-corrected chi connectivity index (χ1v) is 11.6. The van der Waals surface area contributed by atoms with E-state index in [1.54, 1.807) is 0 Å². The van der Waals surface area contributed by atoms with Crippen LogP contribution in [-0.2, 0) is 4.79 Å². The second kappa shape index (κ2) is 9.23. The van der Waals surface area contributed by atoms with Crippen LogP contribution in [0.3, 0.4) is 0 Å². The summed E-state index contributed by atoms with van der Waals surface area (Å²) >= 11 is 0. The van der Waals surface area contributed by atoms with Gasteiger partial charge in [0.1, 0.15) is 8.07 Å². The molecule has 1 N–H and O–H groups in total. The first-order chi connectivity index (χ1) is 10.8. The monoisotopic (exact) mass is 325 g/mol. The van der Waals surface area contributed by atoms with Crippen LogP contribution in [0.2, 0.25) is 19.6 Å². The Hall–Kier alpha value is -1.97. The second-order valence-electron chi connectivity index (χ2n) is 6.79. The molecule has 0 aromatic heterocycles. The van der Waals surface area contributed by atoms with E-state index in [0.29, 0.717) is 0 Å². The number of nitrogens with one attached hydrogen (secondary N) is 1. The molecule has 2 nitrogen and oxygen atoms in total. The fourth-order valence-corrected chi connectivity index (χ4v) is 2.63. The number of amides is 1. The summed E-state index contributed by atoms with van der Waals surface area (Å²) in [6, 6.07) is 5.90. The van der Waals surface area contributed by atoms with Crippen molar-refractivity contribution in [3.8, 4) is 23.3 Å². The van der Waals surface area contributed by atoms with Crippen LogP contribution in [-0.4, -0.2) is 14.0 Å². The average Bonchev–Trinajstić information content (AvgIpc) is 2.43. The fourth-order valence-electron chi connectivity index (χ4n) is 1.97. The molecule has 3 heteroatoms. The number of hydrogen-bond acceptors (Lipinski definition) is 1. The molecule has 0 aliphatic carbocycles. The molecule has 0 atom stereocenters. The highest BCUT2D eigenvalue weighted by atomic mass is 28.3. The Kier molecular flexibility index (Phi) is 7.65. The number of anilines is 1. The van der Waals surface area contributed by atoms with Crippen LogP contribution in [0.5, 0.6) is 0 Å². The van der Waals surface area contributed by atoms with Gasteiger partial charge in [-0.1, -0.05) is 37.5 Å². The molecule has 1 rings (SSSR count). The number of aryl methyl sites for hydroxylation is 1. The van der Waals surface area contributed by atoms with Crippen molar-refractivity contribution in [1.82, 2.24) is 0 Å². The maximum Gasteiger partial charge on any atom is 0.221 e. The van der Waals surface area contributed by atoms with Gasteiger partial charge in [-0.15, -0.1) is 11.5 Å². The molecule has 0 heterocycles. The summed E-state index contributed by atoms with van der Waals surface area (Å²) < 4.78 is 0. The molecule has 23 heavy (non-hydrogen) atoms. The lowest BCUT2D eigenvalue weighted by Gasteiger charge is -2.05. The summed E-state index contributed by atoms with van der Waals surface area (Å²) in [5.74, 6) is 9.61. The van der Waals surface area contributed by atoms with Crippen molar-refractivity contribution >= 4 is 19.7 Å². The highest BCUT2D eigenvalue weighted by Gasteiger charge is 2.06. The van der Waals surface area contributed by atoms with E-state index in [-0.39, 0.29) is 5.91 Å². The van der Waals surface area contributed by atoms with Gasteiger partial charge >= 0.3 is 0 Å². The Bertz CT molecular complexity index is 663. The second-order valence-corrected chi connectivity index (χ2v) is 11.5. The lowest BCUT2D eigenvalue weighted by molar-refractivity contribution is -0.114. The molecule has 0 aliphatic heterocycles. The van der Waals surface area contributed by atoms with Crippen LogP contribution >= 0.6 is 0 Å². The van der Waals surface area contributed by atoms with Crippen molar-refractivity contribution in [2.45, 2.75) is 59.2 Å². The lowest BCUT2D eigenvalue weighted by atomic mass is 10.1. The highest BCUT2D eigenvalue weighted by molar-refractivity contribution is 6.83. The molecule has 1 aromatic carbocycles. The van der Waals surface area contributed by atoms with Crippen LogP contribution in [0, 0.1) is 30.2 Å². The van der Waals surface area contributed by atoms with Crippen LogP contribution in [0.1, 0.15) is 43.7 Å². The third-order valence-electron chi connectivity index (χ3n) is 3.03. The van der Waals surface area contributed by atoms with E-state index in [1.165, 1.54) is 6.92 Å². The molecule has 0 bridgehead atoms. The van der Waals surface area contributed by atoms with Crippen molar-refractivity contribution < 1.29 is 4.79 Å². The van der Waals surface area contributed by atoms with Gasteiger partial charge in [0.05, 0.1) is 5.69 Å². The normalized spacial score (nSPS) is 10.1. The summed E-state index contributed by atoms with van der Waals surface area (Å²) in [6.07, 6.45) is 3.99. The predicted molar refractivity (Wildman–Crippen MR) is 102 cm³/mol. The molecule has 1 amide bonds. The van der Waals surface area contributed by atoms with Gasteiger partial charge in [-0.25, -0.2) is 0 Å². The third-order valence-corrected chi connectivity index (χ3v) is 3.95. The van der Waals surface area contributed by atoms with E-state index < -0.39 is 8.07 Å². The molecule has 0 fully saturated rings. The molecule has 0 saturated carbocycles. The lowest BCUT2D eigenvalue weighted by Crippen LogP contribution is -2.16. The molecule has 0 radical (unpaired) electrons. The summed E-state index contributed by atoms with van der Waals surface area (Å²) in [4.78, 5) is 11.2. The Balaban J connectivity index is 2.51. The molecule has 0 unspecified atom stereocenters. The standard InChI is InChI=1S/C20H27NOSi/c1-17-13-14-20(21-18(2)22)19(16-17)12-10-8-6-7-9-11-15-23(3,4)5/h13-14,16H,6-9H2,1-5H3,(H,21,22). The number of benzene rings is 1. The molecule has 0 saturated heterocycles. The van der Waals surface area contributed by atoms with Gasteiger partial charge in [0.15, 0.2) is 0 Å². The van der Waals surface area contributed by atoms with Crippen molar-refractivity contribution in [3.63, 3.8) is 0 Å². The van der Waals surface area contributed by atoms with Gasteiger partial charge in [-0.2, -0.15) is 0 Å². The topological polar surface area (TPSA) is 29.1 Å². The Morgan fingerprint density at radius 3 is 2.39 bits per heavy atom. The zero-order chi connectivity index (χ0) is 17.3. The predicted octanol–water partition coefficient (Wildman–Crippen LogP) is 4.75. The number of unbranched alkanes of at least 4 members (excludes halogenated alkanes) is 3. The number of rotatable bonds is 4. The first kappa shape index (κ1) is 19.1. The zero-order valence-corrected chi connectivity index (χ0v) is 16.0. The molecular formula is C20H27NOSi. The van der Waals surface area contributed by atoms with E-state index >= 15 is 0 Å². The van der Waals surface area contributed by atoms with Crippen LogP contribution in [0.25, 0.3) is 0 Å². The van der Waals surface area contributed by atoms with Crippen molar-refractivity contribution in [3.05, 3.63) is 29.3 Å². The minimum Gasteiger partial charge on any atom is -0.325 e. The average molecular weight is 326 g/mol. The quantitative estimate of drug-likeness (QED) is 0.483. The van der Waals surface area contributed by atoms with Gasteiger partial charge in [0, 0.05) is 25.3 Å². The summed E-state index contributed by atoms with van der Waals surface area (Å²) in [7, 11) is -1.23. The Morgan fingerprint density at radius 2 is 1.78 bits per heavy atom. The number of hydrogen-bond donors (Lipinski definition) is 1. The van der Waals surface area contributed by atoms with E-state index in [2.05, 4.69) is 48.3 Å². The summed E-state index contributed by atoms with van der Waals surface area (Å²) in [5, 5.41) is 2.83. The minimum absolute atomic E-state index is 0.0714. The number of carbonyl (C=O) groups excluding carboxylic acids is 1. The van der Waals surface area contributed by atoms with E-state index in [9.17, 15) is 4.79 Å². The van der Waals surface area contributed by atoms with Crippen molar-refractivity contribution in [1.29, 1.82) is 0 Å². The molecule has 1 aromatic rings. The maximum absolute atomic E-state index is 11.2. The van der Waals surface area contributed by atoms with Gasteiger partial charge < -0.3 is 5.32 Å². The molecule has 0 aliphatic rings. The van der Waals surface area contributed by atoms with Gasteiger partial charge in [0.2, 0.25) is 5.91 Å². The van der Waals surface area contributed by atoms with E-state index in [4.69, 9.17) is 0 Å². The van der Waals surface area contributed by atoms with Gasteiger partial charge in [-0.3, -0.25) is 4.79 Å². The minimum atomic E-state index is -1.23. The number of carbonyl (C=O) groups is 1. The largest absolute Gasteiger partial charge is 0.325 e. The summed E-state index contributed by atoms with van der Waals surface area (Å²) in [5.41, 5.74) is 6.20. The zero-order valence-electron chi connectivity index (χ0n) is 15.0. The Labute approximate surface area is 142 Å². The van der Waals surface area contributed by atoms with Crippen LogP contribution in [0.4, 0.5) is 5.69 Å². The van der Waals surface area contributed by atoms with E-state index in [0.717, 1.165) is 42.5 Å². The Morgan fingerprint density at radius 1 is 1.13 bits per heavy atom. The third kappa shape index (κ3) is 8.91. The van der Waals surface area contributed by atoms with Gasteiger partial charge in [0.25, 0.3) is 0 Å². The SMILES string of the molecule is CC(=O)Nc1ccc(C)cc1C#CCCCCC#C[Si](C)(C)C. The first-order valence-electron chi connectivity index (χ1n) is 8.15. The smallest absolute Gasteiger partial charge is 0.221 e. The fraction of sp³-hybridized carbons (Fsp3) is 0.450. The van der Waals surface area contributed by atoms with Gasteiger partial charge in [-0.05, 0) is 37.5 Å². The molecule has 0 spiro atoms. The highest BCUT2D eigenvalue weighted by Crippen LogP contribution is 2.16. The van der Waals surface area contributed by atoms with Crippen LogP contribution in [0.15, 0.2) is 18.2 Å². The van der Waals surface area contributed by atoms with E-state index in [1.807, 2.05) is 25.1 Å². The molecular weight excluding hydrogens is 298 g/mol. The van der Waals surface area contributed by atoms with Crippen LogP contribution < -0.4 is 5.32 Å². The van der Waals surface area contributed by atoms with Crippen molar-refractivity contribution in [2.24, 2.45) is 0 Å².